The first-order valence-electron chi connectivity index (χ1n) is 7.54. The fourth-order valence-electron chi connectivity index (χ4n) is 2.83. The van der Waals surface area contributed by atoms with E-state index >= 15 is 0 Å². The number of hydrogen-bond donors (Lipinski definition) is 0. The second-order valence-electron chi connectivity index (χ2n) is 5.49. The van der Waals surface area contributed by atoms with Crippen molar-refractivity contribution >= 4 is 41.5 Å². The Morgan fingerprint density at radius 2 is 0.857 bits per heavy atom. The van der Waals surface area contributed by atoms with Crippen LogP contribution in [0.15, 0.2) is 91.0 Å². The molecule has 21 heavy (non-hydrogen) atoms. The van der Waals surface area contributed by atoms with Crippen LogP contribution in [0.3, 0.4) is 0 Å². The van der Waals surface area contributed by atoms with Crippen LogP contribution in [0.4, 0.5) is 0 Å². The maximum atomic E-state index is 2.38. The number of benzene rings is 3. The van der Waals surface area contributed by atoms with Gasteiger partial charge in [0, 0.05) is 18.1 Å². The molecule has 3 rings (SSSR count). The van der Waals surface area contributed by atoms with Crippen LogP contribution in [0, 0.1) is 0 Å². The summed E-state index contributed by atoms with van der Waals surface area (Å²) in [5.74, 6) is 0. The largest absolute Gasteiger partial charge is 0.0697 e. The minimum absolute atomic E-state index is 0.139. The van der Waals surface area contributed by atoms with E-state index in [0.717, 1.165) is 0 Å². The Balaban J connectivity index is 1.84. The van der Waals surface area contributed by atoms with Crippen LogP contribution in [0.5, 0.6) is 0 Å². The lowest BCUT2D eigenvalue weighted by atomic mass is 10.4. The molecule has 0 saturated heterocycles. The van der Waals surface area contributed by atoms with Crippen LogP contribution in [0.1, 0.15) is 0 Å². The van der Waals surface area contributed by atoms with Crippen molar-refractivity contribution in [3.05, 3.63) is 91.0 Å². The fourth-order valence-corrected chi connectivity index (χ4v) is 22.3. The average molecular weight is 321 g/mol. The van der Waals surface area contributed by atoms with Crippen LogP contribution >= 0.6 is 0 Å². The third-order valence-electron chi connectivity index (χ3n) is 3.92. The van der Waals surface area contributed by atoms with E-state index < -0.39 is 7.83 Å². The topological polar surface area (TPSA) is 0 Å². The zero-order valence-corrected chi connectivity index (χ0v) is 16.1. The molecule has 0 radical (unpaired) electrons. The van der Waals surface area contributed by atoms with Crippen molar-refractivity contribution in [2.75, 3.05) is 0 Å². The molecule has 3 heteroatoms. The van der Waals surface area contributed by atoms with Gasteiger partial charge >= 0.3 is 0 Å². The van der Waals surface area contributed by atoms with Crippen molar-refractivity contribution < 1.29 is 0 Å². The maximum absolute atomic E-state index is 2.38. The van der Waals surface area contributed by atoms with Gasteiger partial charge in [-0.15, -0.1) is 0 Å². The Morgan fingerprint density at radius 1 is 0.476 bits per heavy atom. The third-order valence-corrected chi connectivity index (χ3v) is 21.9. The van der Waals surface area contributed by atoms with Crippen molar-refractivity contribution in [1.82, 2.24) is 0 Å². The standard InChI is InChI=1S/C18H20Si3/c1-4-10-16(11-5-1)19-21(18-14-8-3-9-15-18)20-17-12-6-2-7-13-17/h1-15,21H,19-20H2. The lowest BCUT2D eigenvalue weighted by Crippen LogP contribution is -2.51. The summed E-state index contributed by atoms with van der Waals surface area (Å²) >= 11 is 0. The number of rotatable bonds is 5. The second kappa shape index (κ2) is 7.36. The summed E-state index contributed by atoms with van der Waals surface area (Å²) in [5, 5.41) is 4.96. The predicted molar refractivity (Wildman–Crippen MR) is 102 cm³/mol. The molecule has 3 aromatic rings. The first-order chi connectivity index (χ1) is 10.4. The Hall–Kier alpha value is -1.69. The Bertz CT molecular complexity index is 612. The molecule has 0 atom stereocenters. The smallest absolute Gasteiger partial charge is 0.0564 e. The van der Waals surface area contributed by atoms with Gasteiger partial charge in [0.05, 0.1) is 7.83 Å². The van der Waals surface area contributed by atoms with Crippen molar-refractivity contribution in [2.24, 2.45) is 0 Å². The molecule has 0 unspecified atom stereocenters. The lowest BCUT2D eigenvalue weighted by Gasteiger charge is -2.15. The van der Waals surface area contributed by atoms with E-state index in [2.05, 4.69) is 91.0 Å². The molecule has 0 fully saturated rings. The average Bonchev–Trinajstić information content (AvgIpc) is 2.57. The van der Waals surface area contributed by atoms with Crippen molar-refractivity contribution in [3.63, 3.8) is 0 Å². The van der Waals surface area contributed by atoms with Gasteiger partial charge in [-0.2, -0.15) is 0 Å². The minimum Gasteiger partial charge on any atom is -0.0697 e. The first kappa shape index (κ1) is 14.3. The van der Waals surface area contributed by atoms with E-state index in [1.807, 2.05) is 0 Å². The quantitative estimate of drug-likeness (QED) is 0.585. The van der Waals surface area contributed by atoms with E-state index in [1.165, 1.54) is 0 Å². The molecule has 0 nitrogen and oxygen atoms in total. The van der Waals surface area contributed by atoms with E-state index in [-0.39, 0.29) is 18.1 Å². The molecule has 104 valence electrons. The highest BCUT2D eigenvalue weighted by atomic mass is 29.6. The zero-order valence-electron chi connectivity index (χ0n) is 12.2. The van der Waals surface area contributed by atoms with E-state index in [1.54, 1.807) is 15.6 Å². The first-order valence-corrected chi connectivity index (χ1v) is 16.1. The van der Waals surface area contributed by atoms with Crippen LogP contribution in [-0.2, 0) is 0 Å². The van der Waals surface area contributed by atoms with E-state index in [9.17, 15) is 0 Å². The summed E-state index contributed by atoms with van der Waals surface area (Å²) in [5.41, 5.74) is 0. The molecule has 0 aliphatic heterocycles. The van der Waals surface area contributed by atoms with Gasteiger partial charge in [0.1, 0.15) is 0 Å². The summed E-state index contributed by atoms with van der Waals surface area (Å²) in [7, 11) is -1.05. The highest BCUT2D eigenvalue weighted by molar-refractivity contribution is 7.49. The van der Waals surface area contributed by atoms with Crippen molar-refractivity contribution in [2.45, 2.75) is 0 Å². The number of hydrogen-bond acceptors (Lipinski definition) is 0. The summed E-state index contributed by atoms with van der Waals surface area (Å²) in [4.78, 5) is 0. The molecule has 0 heterocycles. The van der Waals surface area contributed by atoms with Crippen LogP contribution in [-0.4, -0.2) is 25.9 Å². The molecule has 0 bridgehead atoms. The lowest BCUT2D eigenvalue weighted by molar-refractivity contribution is 1.76. The van der Waals surface area contributed by atoms with Crippen molar-refractivity contribution in [3.8, 4) is 0 Å². The normalized spacial score (nSPS) is 13.1. The Morgan fingerprint density at radius 3 is 1.29 bits per heavy atom. The molecule has 0 saturated carbocycles. The molecule has 0 aliphatic rings. The molecule has 0 N–H and O–H groups in total. The third kappa shape index (κ3) is 4.14. The fraction of sp³-hybridized carbons (Fsp3) is 0. The van der Waals surface area contributed by atoms with E-state index in [4.69, 9.17) is 0 Å². The SMILES string of the molecule is c1ccc([SiH2][SiH]([SiH2]c2ccccc2)c2ccccc2)cc1. The molecule has 0 spiro atoms. The monoisotopic (exact) mass is 320 g/mol. The molecule has 0 aromatic heterocycles. The summed E-state index contributed by atoms with van der Waals surface area (Å²) in [6, 6.07) is 33.7. The summed E-state index contributed by atoms with van der Waals surface area (Å²) < 4.78 is 0. The van der Waals surface area contributed by atoms with Gasteiger partial charge in [-0.25, -0.2) is 0 Å². The van der Waals surface area contributed by atoms with Gasteiger partial charge in [-0.3, -0.25) is 0 Å². The van der Waals surface area contributed by atoms with E-state index in [0.29, 0.717) is 0 Å². The summed E-state index contributed by atoms with van der Waals surface area (Å²) in [6.45, 7) is 0. The molecular formula is C18H20Si3. The Labute approximate surface area is 132 Å². The Kier molecular flexibility index (Phi) is 4.99. The zero-order chi connectivity index (χ0) is 14.3. The van der Waals surface area contributed by atoms with Gasteiger partial charge in [0.2, 0.25) is 0 Å². The molecular weight excluding hydrogens is 300 g/mol. The highest BCUT2D eigenvalue weighted by Gasteiger charge is 2.16. The van der Waals surface area contributed by atoms with Crippen LogP contribution < -0.4 is 15.6 Å². The van der Waals surface area contributed by atoms with Gasteiger partial charge in [-0.05, 0) is 0 Å². The van der Waals surface area contributed by atoms with Gasteiger partial charge < -0.3 is 0 Å². The molecule has 0 aliphatic carbocycles. The van der Waals surface area contributed by atoms with Gasteiger partial charge in [0.25, 0.3) is 0 Å². The second-order valence-corrected chi connectivity index (χ2v) is 21.8. The minimum atomic E-state index is -0.768. The summed E-state index contributed by atoms with van der Waals surface area (Å²) in [6.07, 6.45) is 0. The van der Waals surface area contributed by atoms with Gasteiger partial charge in [-0.1, -0.05) is 107 Å². The molecule has 0 amide bonds. The van der Waals surface area contributed by atoms with Crippen LogP contribution in [0.2, 0.25) is 0 Å². The van der Waals surface area contributed by atoms with Crippen molar-refractivity contribution in [1.29, 1.82) is 0 Å². The maximum Gasteiger partial charge on any atom is 0.0564 e. The van der Waals surface area contributed by atoms with Crippen LogP contribution in [0.25, 0.3) is 0 Å². The predicted octanol–water partition coefficient (Wildman–Crippen LogP) is 0.103. The molecule has 3 aromatic carbocycles. The van der Waals surface area contributed by atoms with Gasteiger partial charge in [0.15, 0.2) is 0 Å². The highest BCUT2D eigenvalue weighted by Crippen LogP contribution is 1.91.